The van der Waals surface area contributed by atoms with E-state index in [2.05, 4.69) is 29.2 Å². The molecule has 0 amide bonds. The van der Waals surface area contributed by atoms with Gasteiger partial charge in [0.1, 0.15) is 22.8 Å². The molecule has 0 bridgehead atoms. The van der Waals surface area contributed by atoms with Gasteiger partial charge in [-0.25, -0.2) is 4.79 Å². The lowest BCUT2D eigenvalue weighted by Crippen LogP contribution is -2.22. The predicted octanol–water partition coefficient (Wildman–Crippen LogP) is 4.69. The van der Waals surface area contributed by atoms with Crippen molar-refractivity contribution in [1.29, 1.82) is 0 Å². The Hall–Kier alpha value is -3.05. The monoisotopic (exact) mass is 363 g/mol. The van der Waals surface area contributed by atoms with Crippen molar-refractivity contribution in [1.82, 2.24) is 4.90 Å². The van der Waals surface area contributed by atoms with Crippen LogP contribution in [0.5, 0.6) is 5.75 Å². The second kappa shape index (κ2) is 7.29. The smallest absolute Gasteiger partial charge is 0.339 e. The topological polar surface area (TPSA) is 73.9 Å². The van der Waals surface area contributed by atoms with E-state index in [4.69, 9.17) is 9.52 Å². The zero-order valence-electron chi connectivity index (χ0n) is 14.8. The van der Waals surface area contributed by atoms with Crippen LogP contribution in [0.2, 0.25) is 0 Å². The summed E-state index contributed by atoms with van der Waals surface area (Å²) in [6.45, 7) is 1.75. The standard InChI is InChI=1S/C22H21NO4/c24-20-13-16(8-10-18(20)22(25)26)21-11-9-17(27-21)14-23-12-4-7-19(23)15-5-2-1-3-6-15/h1-3,5-6,8-11,13,19,24H,4,7,12,14H2,(H,25,26)/t19-/m1/s1. The first-order valence-corrected chi connectivity index (χ1v) is 9.06. The van der Waals surface area contributed by atoms with Crippen LogP contribution in [-0.4, -0.2) is 27.6 Å². The average Bonchev–Trinajstić information content (AvgIpc) is 3.32. The Kier molecular flexibility index (Phi) is 4.69. The van der Waals surface area contributed by atoms with E-state index in [0.29, 0.717) is 17.4 Å². The van der Waals surface area contributed by atoms with Crippen LogP contribution in [-0.2, 0) is 6.54 Å². The minimum atomic E-state index is -1.15. The van der Waals surface area contributed by atoms with Gasteiger partial charge in [-0.2, -0.15) is 0 Å². The number of carboxylic acids is 1. The molecular weight excluding hydrogens is 342 g/mol. The molecule has 1 atom stereocenters. The highest BCUT2D eigenvalue weighted by atomic mass is 16.4. The van der Waals surface area contributed by atoms with Gasteiger partial charge >= 0.3 is 5.97 Å². The van der Waals surface area contributed by atoms with Crippen molar-refractivity contribution in [3.63, 3.8) is 0 Å². The average molecular weight is 363 g/mol. The summed E-state index contributed by atoms with van der Waals surface area (Å²) in [4.78, 5) is 13.4. The number of carbonyl (C=O) groups is 1. The number of carboxylic acid groups (broad SMARTS) is 1. The van der Waals surface area contributed by atoms with Crippen molar-refractivity contribution < 1.29 is 19.4 Å². The molecule has 3 aromatic rings. The van der Waals surface area contributed by atoms with Crippen LogP contribution in [0, 0.1) is 0 Å². The molecule has 1 aromatic heterocycles. The Bertz CT molecular complexity index is 948. The number of nitrogens with zero attached hydrogens (tertiary/aromatic N) is 1. The number of hydrogen-bond donors (Lipinski definition) is 2. The van der Waals surface area contributed by atoms with Crippen LogP contribution in [0.1, 0.15) is 40.6 Å². The Labute approximate surface area is 157 Å². The van der Waals surface area contributed by atoms with E-state index < -0.39 is 5.97 Å². The summed E-state index contributed by atoms with van der Waals surface area (Å²) >= 11 is 0. The summed E-state index contributed by atoms with van der Waals surface area (Å²) in [6, 6.07) is 19.2. The third-order valence-corrected chi connectivity index (χ3v) is 5.08. The lowest BCUT2D eigenvalue weighted by Gasteiger charge is -2.23. The third-order valence-electron chi connectivity index (χ3n) is 5.08. The zero-order chi connectivity index (χ0) is 18.8. The summed E-state index contributed by atoms with van der Waals surface area (Å²) in [5.41, 5.74) is 1.87. The maximum absolute atomic E-state index is 11.0. The van der Waals surface area contributed by atoms with Crippen LogP contribution in [0.3, 0.4) is 0 Å². The largest absolute Gasteiger partial charge is 0.507 e. The Morgan fingerprint density at radius 2 is 1.93 bits per heavy atom. The van der Waals surface area contributed by atoms with Gasteiger partial charge in [0.2, 0.25) is 0 Å². The molecular formula is C22H21NO4. The highest BCUT2D eigenvalue weighted by Crippen LogP contribution is 2.34. The number of aromatic carboxylic acids is 1. The van der Waals surface area contributed by atoms with Gasteiger partial charge in [0, 0.05) is 11.6 Å². The van der Waals surface area contributed by atoms with E-state index in [9.17, 15) is 9.90 Å². The van der Waals surface area contributed by atoms with Crippen molar-refractivity contribution in [2.45, 2.75) is 25.4 Å². The zero-order valence-corrected chi connectivity index (χ0v) is 14.8. The van der Waals surface area contributed by atoms with Crippen LogP contribution in [0.4, 0.5) is 0 Å². The Balaban J connectivity index is 1.51. The molecule has 0 saturated carbocycles. The predicted molar refractivity (Wildman–Crippen MR) is 102 cm³/mol. The molecule has 5 nitrogen and oxygen atoms in total. The van der Waals surface area contributed by atoms with Gasteiger partial charge < -0.3 is 14.6 Å². The maximum Gasteiger partial charge on any atom is 0.339 e. The number of hydrogen-bond acceptors (Lipinski definition) is 4. The Morgan fingerprint density at radius 1 is 1.11 bits per heavy atom. The van der Waals surface area contributed by atoms with Crippen molar-refractivity contribution in [3.05, 3.63) is 77.6 Å². The normalized spacial score (nSPS) is 17.3. The van der Waals surface area contributed by atoms with Gasteiger partial charge in [0.25, 0.3) is 0 Å². The molecule has 1 aliphatic heterocycles. The van der Waals surface area contributed by atoms with Crippen LogP contribution in [0.25, 0.3) is 11.3 Å². The summed E-state index contributed by atoms with van der Waals surface area (Å²) in [6.07, 6.45) is 2.31. The van der Waals surface area contributed by atoms with Gasteiger partial charge in [0.05, 0.1) is 6.54 Å². The molecule has 0 spiro atoms. The van der Waals surface area contributed by atoms with Gasteiger partial charge in [0.15, 0.2) is 0 Å². The number of likely N-dealkylation sites (tertiary alicyclic amines) is 1. The second-order valence-corrected chi connectivity index (χ2v) is 6.84. The molecule has 4 rings (SSSR count). The molecule has 2 aromatic carbocycles. The summed E-state index contributed by atoms with van der Waals surface area (Å²) in [5.74, 6) is 0.0594. The SMILES string of the molecule is O=C(O)c1ccc(-c2ccc(CN3CCC[C@@H]3c3ccccc3)o2)cc1O. The number of benzene rings is 2. The van der Waals surface area contributed by atoms with Crippen molar-refractivity contribution in [2.24, 2.45) is 0 Å². The molecule has 2 heterocycles. The fourth-order valence-electron chi connectivity index (χ4n) is 3.75. The molecule has 1 saturated heterocycles. The highest BCUT2D eigenvalue weighted by Gasteiger charge is 2.26. The number of aromatic hydroxyl groups is 1. The van der Waals surface area contributed by atoms with Crippen LogP contribution in [0.15, 0.2) is 65.1 Å². The minimum absolute atomic E-state index is 0.117. The molecule has 1 fully saturated rings. The van der Waals surface area contributed by atoms with Crippen molar-refractivity contribution >= 4 is 5.97 Å². The second-order valence-electron chi connectivity index (χ2n) is 6.84. The van der Waals surface area contributed by atoms with E-state index in [-0.39, 0.29) is 11.3 Å². The summed E-state index contributed by atoms with van der Waals surface area (Å²) in [5, 5.41) is 18.9. The quantitative estimate of drug-likeness (QED) is 0.688. The van der Waals surface area contributed by atoms with Gasteiger partial charge in [-0.15, -0.1) is 0 Å². The van der Waals surface area contributed by atoms with Crippen molar-refractivity contribution in [2.75, 3.05) is 6.54 Å². The molecule has 27 heavy (non-hydrogen) atoms. The lowest BCUT2D eigenvalue weighted by molar-refractivity contribution is 0.0693. The first-order valence-electron chi connectivity index (χ1n) is 9.06. The van der Waals surface area contributed by atoms with Crippen LogP contribution < -0.4 is 0 Å². The number of rotatable bonds is 5. The molecule has 1 aliphatic rings. The van der Waals surface area contributed by atoms with Gasteiger partial charge in [-0.3, -0.25) is 4.90 Å². The third kappa shape index (κ3) is 3.59. The number of furan rings is 1. The molecule has 0 aliphatic carbocycles. The first-order chi connectivity index (χ1) is 13.1. The molecule has 0 radical (unpaired) electrons. The molecule has 138 valence electrons. The van der Waals surface area contributed by atoms with Crippen LogP contribution >= 0.6 is 0 Å². The van der Waals surface area contributed by atoms with E-state index in [1.807, 2.05) is 18.2 Å². The summed E-state index contributed by atoms with van der Waals surface area (Å²) < 4.78 is 5.97. The molecule has 2 N–H and O–H groups in total. The fourth-order valence-corrected chi connectivity index (χ4v) is 3.75. The lowest BCUT2D eigenvalue weighted by atomic mass is 10.0. The number of phenols is 1. The van der Waals surface area contributed by atoms with Gasteiger partial charge in [-0.05, 0) is 49.2 Å². The van der Waals surface area contributed by atoms with Crippen molar-refractivity contribution in [3.8, 4) is 17.1 Å². The van der Waals surface area contributed by atoms with E-state index in [1.54, 1.807) is 6.07 Å². The first kappa shape index (κ1) is 17.4. The summed E-state index contributed by atoms with van der Waals surface area (Å²) in [7, 11) is 0. The highest BCUT2D eigenvalue weighted by molar-refractivity contribution is 5.91. The maximum atomic E-state index is 11.0. The Morgan fingerprint density at radius 3 is 2.67 bits per heavy atom. The molecule has 0 unspecified atom stereocenters. The van der Waals surface area contributed by atoms with E-state index in [1.165, 1.54) is 17.7 Å². The van der Waals surface area contributed by atoms with E-state index in [0.717, 1.165) is 31.7 Å². The van der Waals surface area contributed by atoms with E-state index >= 15 is 0 Å². The molecule has 5 heteroatoms. The fraction of sp³-hybridized carbons (Fsp3) is 0.227. The minimum Gasteiger partial charge on any atom is -0.507 e. The van der Waals surface area contributed by atoms with Gasteiger partial charge in [-0.1, -0.05) is 36.4 Å².